The van der Waals surface area contributed by atoms with Crippen LogP contribution in [0.3, 0.4) is 0 Å². The van der Waals surface area contributed by atoms with Crippen molar-refractivity contribution < 1.29 is 5.11 Å². The maximum Gasteiger partial charge on any atom is 0.0593 e. The molecule has 0 amide bonds. The number of hydrogen-bond donors (Lipinski definition) is 2. The second-order valence-electron chi connectivity index (χ2n) is 5.26. The maximum absolute atomic E-state index is 9.96. The summed E-state index contributed by atoms with van der Waals surface area (Å²) in [6.45, 7) is 3.29. The van der Waals surface area contributed by atoms with Crippen molar-refractivity contribution in [3.8, 4) is 0 Å². The third-order valence-electron chi connectivity index (χ3n) is 3.90. The maximum atomic E-state index is 9.96. The first-order chi connectivity index (χ1) is 7.25. The molecule has 2 fully saturated rings. The van der Waals surface area contributed by atoms with Crippen LogP contribution in [0.5, 0.6) is 0 Å². The molecule has 2 aliphatic rings. The lowest BCUT2D eigenvalue weighted by atomic mass is 9.86. The summed E-state index contributed by atoms with van der Waals surface area (Å²) in [5, 5.41) is 13.5. The highest BCUT2D eigenvalue weighted by Gasteiger charge is 2.28. The molecule has 0 unspecified atom stereocenters. The summed E-state index contributed by atoms with van der Waals surface area (Å²) in [6.07, 6.45) is 6.02. The number of aliphatic hydroxyl groups excluding tert-OH is 1. The Morgan fingerprint density at radius 1 is 1.33 bits per heavy atom. The van der Waals surface area contributed by atoms with E-state index in [0.717, 1.165) is 25.9 Å². The summed E-state index contributed by atoms with van der Waals surface area (Å²) in [7, 11) is 2.16. The third-order valence-corrected chi connectivity index (χ3v) is 3.90. The zero-order valence-electron chi connectivity index (χ0n) is 9.78. The largest absolute Gasteiger partial charge is 0.393 e. The molecule has 0 aliphatic carbocycles. The van der Waals surface area contributed by atoms with Gasteiger partial charge in [-0.25, -0.2) is 0 Å². The van der Waals surface area contributed by atoms with Crippen molar-refractivity contribution in [3.63, 3.8) is 0 Å². The molecular weight excluding hydrogens is 188 g/mol. The molecule has 2 saturated heterocycles. The molecule has 2 rings (SSSR count). The summed E-state index contributed by atoms with van der Waals surface area (Å²) >= 11 is 0. The highest BCUT2D eigenvalue weighted by molar-refractivity contribution is 4.83. The molecule has 0 aromatic heterocycles. The first kappa shape index (κ1) is 11.4. The summed E-state index contributed by atoms with van der Waals surface area (Å²) in [5.74, 6) is 0.486. The highest BCUT2D eigenvalue weighted by atomic mass is 16.3. The van der Waals surface area contributed by atoms with Crippen molar-refractivity contribution in [2.24, 2.45) is 5.92 Å². The first-order valence-corrected chi connectivity index (χ1v) is 6.35. The van der Waals surface area contributed by atoms with Crippen molar-refractivity contribution >= 4 is 0 Å². The van der Waals surface area contributed by atoms with Crippen LogP contribution in [0.2, 0.25) is 0 Å². The fourth-order valence-electron chi connectivity index (χ4n) is 2.92. The molecule has 3 heteroatoms. The van der Waals surface area contributed by atoms with Gasteiger partial charge in [0.05, 0.1) is 6.10 Å². The topological polar surface area (TPSA) is 35.5 Å². The SMILES string of the molecule is CN1CC[C@H](O)[C@@H](C[C@H]2CCCCN2)C1. The van der Waals surface area contributed by atoms with Gasteiger partial charge in [0.25, 0.3) is 0 Å². The molecule has 0 spiro atoms. The molecule has 3 atom stereocenters. The molecule has 0 radical (unpaired) electrons. The van der Waals surface area contributed by atoms with Gasteiger partial charge in [0, 0.05) is 19.1 Å². The summed E-state index contributed by atoms with van der Waals surface area (Å²) < 4.78 is 0. The number of likely N-dealkylation sites (tertiary alicyclic amines) is 1. The predicted molar refractivity (Wildman–Crippen MR) is 61.9 cm³/mol. The van der Waals surface area contributed by atoms with E-state index in [-0.39, 0.29) is 6.10 Å². The Morgan fingerprint density at radius 3 is 2.93 bits per heavy atom. The lowest BCUT2D eigenvalue weighted by Gasteiger charge is -2.37. The fourth-order valence-corrected chi connectivity index (χ4v) is 2.92. The number of piperidine rings is 2. The van der Waals surface area contributed by atoms with E-state index in [0.29, 0.717) is 12.0 Å². The van der Waals surface area contributed by atoms with Crippen molar-refractivity contribution in [1.82, 2.24) is 10.2 Å². The average molecular weight is 212 g/mol. The van der Waals surface area contributed by atoms with Crippen LogP contribution in [-0.2, 0) is 0 Å². The van der Waals surface area contributed by atoms with Crippen LogP contribution in [-0.4, -0.2) is 48.8 Å². The third kappa shape index (κ3) is 3.16. The van der Waals surface area contributed by atoms with Gasteiger partial charge in [-0.05, 0) is 45.2 Å². The predicted octanol–water partition coefficient (Wildman–Crippen LogP) is 0.831. The van der Waals surface area contributed by atoms with Crippen LogP contribution in [0.4, 0.5) is 0 Å². The van der Waals surface area contributed by atoms with Gasteiger partial charge in [0.2, 0.25) is 0 Å². The molecule has 0 bridgehead atoms. The van der Waals surface area contributed by atoms with Gasteiger partial charge in [-0.2, -0.15) is 0 Å². The van der Waals surface area contributed by atoms with Crippen LogP contribution in [0, 0.1) is 5.92 Å². The number of aliphatic hydroxyl groups is 1. The van der Waals surface area contributed by atoms with Crippen molar-refractivity contribution in [3.05, 3.63) is 0 Å². The lowest BCUT2D eigenvalue weighted by Crippen LogP contribution is -2.45. The van der Waals surface area contributed by atoms with E-state index >= 15 is 0 Å². The highest BCUT2D eigenvalue weighted by Crippen LogP contribution is 2.23. The molecule has 88 valence electrons. The molecule has 2 N–H and O–H groups in total. The first-order valence-electron chi connectivity index (χ1n) is 6.35. The van der Waals surface area contributed by atoms with E-state index in [4.69, 9.17) is 0 Å². The number of hydrogen-bond acceptors (Lipinski definition) is 3. The van der Waals surface area contributed by atoms with Gasteiger partial charge in [-0.15, -0.1) is 0 Å². The second kappa shape index (κ2) is 5.28. The number of nitrogens with zero attached hydrogens (tertiary/aromatic N) is 1. The smallest absolute Gasteiger partial charge is 0.0593 e. The van der Waals surface area contributed by atoms with Crippen LogP contribution < -0.4 is 5.32 Å². The van der Waals surface area contributed by atoms with E-state index in [9.17, 15) is 5.11 Å². The monoisotopic (exact) mass is 212 g/mol. The Labute approximate surface area is 92.8 Å². The van der Waals surface area contributed by atoms with Gasteiger partial charge in [-0.1, -0.05) is 6.42 Å². The fraction of sp³-hybridized carbons (Fsp3) is 1.00. The van der Waals surface area contributed by atoms with E-state index in [1.807, 2.05) is 0 Å². The van der Waals surface area contributed by atoms with Gasteiger partial charge in [0.15, 0.2) is 0 Å². The van der Waals surface area contributed by atoms with Crippen LogP contribution in [0.25, 0.3) is 0 Å². The van der Waals surface area contributed by atoms with Gasteiger partial charge in [0.1, 0.15) is 0 Å². The minimum Gasteiger partial charge on any atom is -0.393 e. The second-order valence-corrected chi connectivity index (χ2v) is 5.26. The average Bonchev–Trinajstić information content (AvgIpc) is 2.25. The van der Waals surface area contributed by atoms with Crippen LogP contribution >= 0.6 is 0 Å². The van der Waals surface area contributed by atoms with E-state index in [2.05, 4.69) is 17.3 Å². The minimum atomic E-state index is -0.0649. The Bertz CT molecular complexity index is 192. The van der Waals surface area contributed by atoms with E-state index in [1.54, 1.807) is 0 Å². The Balaban J connectivity index is 1.80. The van der Waals surface area contributed by atoms with Crippen molar-refractivity contribution in [2.45, 2.75) is 44.2 Å². The molecule has 0 aromatic carbocycles. The molecule has 0 aromatic rings. The Kier molecular flexibility index (Phi) is 4.00. The molecule has 2 heterocycles. The summed E-state index contributed by atoms with van der Waals surface area (Å²) in [4.78, 5) is 2.35. The zero-order chi connectivity index (χ0) is 10.7. The Morgan fingerprint density at radius 2 is 2.20 bits per heavy atom. The zero-order valence-corrected chi connectivity index (χ0v) is 9.78. The van der Waals surface area contributed by atoms with Crippen LogP contribution in [0.1, 0.15) is 32.1 Å². The van der Waals surface area contributed by atoms with Crippen molar-refractivity contribution in [1.29, 1.82) is 0 Å². The quantitative estimate of drug-likeness (QED) is 0.712. The molecule has 2 aliphatic heterocycles. The summed E-state index contributed by atoms with van der Waals surface area (Å²) in [5.41, 5.74) is 0. The number of nitrogens with one attached hydrogen (secondary N) is 1. The molecule has 0 saturated carbocycles. The number of rotatable bonds is 2. The molecule has 15 heavy (non-hydrogen) atoms. The molecular formula is C12H24N2O. The summed E-state index contributed by atoms with van der Waals surface area (Å²) in [6, 6.07) is 0.657. The van der Waals surface area contributed by atoms with Crippen molar-refractivity contribution in [2.75, 3.05) is 26.7 Å². The molecule has 3 nitrogen and oxygen atoms in total. The van der Waals surface area contributed by atoms with Gasteiger partial charge >= 0.3 is 0 Å². The Hall–Kier alpha value is -0.120. The normalized spacial score (nSPS) is 39.2. The van der Waals surface area contributed by atoms with E-state index < -0.39 is 0 Å². The van der Waals surface area contributed by atoms with Gasteiger partial charge < -0.3 is 15.3 Å². The van der Waals surface area contributed by atoms with E-state index in [1.165, 1.54) is 25.8 Å². The standard InChI is InChI=1S/C12H24N2O/c1-14-7-5-12(15)10(9-14)8-11-4-2-3-6-13-11/h10-13,15H,2-9H2,1H3/t10-,11+,12-/m0/s1. The lowest BCUT2D eigenvalue weighted by molar-refractivity contribution is 0.0261. The minimum absolute atomic E-state index is 0.0649. The van der Waals surface area contributed by atoms with Crippen LogP contribution in [0.15, 0.2) is 0 Å². The van der Waals surface area contributed by atoms with Gasteiger partial charge in [-0.3, -0.25) is 0 Å².